The zero-order valence-electron chi connectivity index (χ0n) is 12.9. The van der Waals surface area contributed by atoms with Crippen LogP contribution in [0.2, 0.25) is 0 Å². The molecule has 3 N–H and O–H groups in total. The van der Waals surface area contributed by atoms with Crippen molar-refractivity contribution >= 4 is 16.9 Å². The summed E-state index contributed by atoms with van der Waals surface area (Å²) in [6, 6.07) is 8.99. The van der Waals surface area contributed by atoms with Gasteiger partial charge >= 0.3 is 5.69 Å². The summed E-state index contributed by atoms with van der Waals surface area (Å²) in [5.41, 5.74) is 0.900. The van der Waals surface area contributed by atoms with Gasteiger partial charge in [0.1, 0.15) is 5.82 Å². The zero-order valence-corrected chi connectivity index (χ0v) is 12.9. The fourth-order valence-corrected chi connectivity index (χ4v) is 2.38. The maximum absolute atomic E-state index is 11.8. The third kappa shape index (κ3) is 3.78. The molecule has 0 radical (unpaired) electrons. The van der Waals surface area contributed by atoms with Crippen LogP contribution in [0.3, 0.4) is 0 Å². The van der Waals surface area contributed by atoms with Gasteiger partial charge in [0, 0.05) is 38.2 Å². The maximum Gasteiger partial charge on any atom is 0.328 e. The van der Waals surface area contributed by atoms with Crippen LogP contribution >= 0.6 is 0 Å². The van der Waals surface area contributed by atoms with Crippen molar-refractivity contribution in [2.75, 3.05) is 6.54 Å². The number of carbonyl (C=O) groups excluding carboxylic acids is 1. The minimum absolute atomic E-state index is 0.159. The molecule has 124 valence electrons. The third-order valence-corrected chi connectivity index (χ3v) is 3.60. The van der Waals surface area contributed by atoms with E-state index >= 15 is 0 Å². The van der Waals surface area contributed by atoms with Crippen LogP contribution in [0.4, 0.5) is 0 Å². The van der Waals surface area contributed by atoms with E-state index in [1.54, 1.807) is 0 Å². The highest BCUT2D eigenvalue weighted by atomic mass is 16.2. The summed E-state index contributed by atoms with van der Waals surface area (Å²) in [5.74, 6) is 0.651. The molecule has 0 aliphatic rings. The number of para-hydroxylation sites is 2. The minimum atomic E-state index is -0.516. The number of hydrogen-bond acceptors (Lipinski definition) is 4. The summed E-state index contributed by atoms with van der Waals surface area (Å²) >= 11 is 0. The van der Waals surface area contributed by atoms with Gasteiger partial charge in [-0.3, -0.25) is 14.6 Å². The van der Waals surface area contributed by atoms with E-state index in [0.29, 0.717) is 13.0 Å². The van der Waals surface area contributed by atoms with Crippen LogP contribution in [0.5, 0.6) is 0 Å². The first-order chi connectivity index (χ1) is 11.6. The lowest BCUT2D eigenvalue weighted by Crippen LogP contribution is -2.31. The maximum atomic E-state index is 11.8. The SMILES string of the molecule is O=C(CCn1ccc(=O)[nH]c1=O)NCCc1nc2ccccc2[nH]1. The second kappa shape index (κ2) is 6.95. The van der Waals surface area contributed by atoms with Gasteiger partial charge in [0.15, 0.2) is 0 Å². The van der Waals surface area contributed by atoms with E-state index in [1.165, 1.54) is 16.8 Å². The van der Waals surface area contributed by atoms with Gasteiger partial charge in [-0.05, 0) is 12.1 Å². The number of imidazole rings is 1. The van der Waals surface area contributed by atoms with Crippen LogP contribution in [-0.2, 0) is 17.8 Å². The van der Waals surface area contributed by atoms with Gasteiger partial charge < -0.3 is 14.9 Å². The number of benzene rings is 1. The summed E-state index contributed by atoms with van der Waals surface area (Å²) in [6.45, 7) is 0.672. The standard InChI is InChI=1S/C16H17N5O3/c22-14(6-9-21-10-7-15(23)20-16(21)24)17-8-5-13-18-11-3-1-2-4-12(11)19-13/h1-4,7,10H,5-6,8-9H2,(H,17,22)(H,18,19)(H,20,23,24). The van der Waals surface area contributed by atoms with Crippen LogP contribution in [0.1, 0.15) is 12.2 Å². The molecule has 1 amide bonds. The Morgan fingerprint density at radius 3 is 2.79 bits per heavy atom. The molecular formula is C16H17N5O3. The lowest BCUT2D eigenvalue weighted by Gasteiger charge is -2.05. The smallest absolute Gasteiger partial charge is 0.328 e. The number of aromatic nitrogens is 4. The van der Waals surface area contributed by atoms with Crippen LogP contribution < -0.4 is 16.6 Å². The number of aryl methyl sites for hydroxylation is 1. The number of fused-ring (bicyclic) bond motifs is 1. The number of nitrogens with zero attached hydrogens (tertiary/aromatic N) is 2. The molecule has 2 aromatic heterocycles. The number of nitrogens with one attached hydrogen (secondary N) is 3. The third-order valence-electron chi connectivity index (χ3n) is 3.60. The molecule has 0 spiro atoms. The Labute approximate surface area is 136 Å². The van der Waals surface area contributed by atoms with Crippen LogP contribution in [-0.4, -0.2) is 32.0 Å². The number of amides is 1. The Balaban J connectivity index is 1.47. The Morgan fingerprint density at radius 2 is 2.00 bits per heavy atom. The van der Waals surface area contributed by atoms with Gasteiger partial charge in [0.25, 0.3) is 5.56 Å². The molecule has 1 aromatic carbocycles. The molecule has 0 aliphatic heterocycles. The molecule has 8 nitrogen and oxygen atoms in total. The van der Waals surface area contributed by atoms with E-state index in [2.05, 4.69) is 20.3 Å². The first kappa shape index (κ1) is 15.7. The van der Waals surface area contributed by atoms with E-state index in [4.69, 9.17) is 0 Å². The summed E-state index contributed by atoms with van der Waals surface area (Å²) in [5, 5.41) is 2.79. The summed E-state index contributed by atoms with van der Waals surface area (Å²) in [7, 11) is 0. The van der Waals surface area contributed by atoms with Crippen molar-refractivity contribution < 1.29 is 4.79 Å². The number of rotatable bonds is 6. The molecule has 3 aromatic rings. The van der Waals surface area contributed by atoms with Gasteiger partial charge in [-0.2, -0.15) is 0 Å². The first-order valence-corrected chi connectivity index (χ1v) is 7.62. The molecule has 8 heteroatoms. The predicted molar refractivity (Wildman–Crippen MR) is 88.7 cm³/mol. The van der Waals surface area contributed by atoms with Crippen molar-refractivity contribution in [1.82, 2.24) is 24.8 Å². The largest absolute Gasteiger partial charge is 0.356 e. The van der Waals surface area contributed by atoms with E-state index in [-0.39, 0.29) is 18.9 Å². The molecule has 0 fully saturated rings. The fraction of sp³-hybridized carbons (Fsp3) is 0.250. The summed E-state index contributed by atoms with van der Waals surface area (Å²) < 4.78 is 1.29. The highest BCUT2D eigenvalue weighted by molar-refractivity contribution is 5.76. The highest BCUT2D eigenvalue weighted by Crippen LogP contribution is 2.10. The molecule has 3 rings (SSSR count). The molecule has 0 bridgehead atoms. The zero-order chi connectivity index (χ0) is 16.9. The molecule has 0 saturated heterocycles. The van der Waals surface area contributed by atoms with Crippen molar-refractivity contribution in [2.45, 2.75) is 19.4 Å². The summed E-state index contributed by atoms with van der Waals surface area (Å²) in [4.78, 5) is 44.1. The Kier molecular flexibility index (Phi) is 4.55. The fourth-order valence-electron chi connectivity index (χ4n) is 2.38. The van der Waals surface area contributed by atoms with Gasteiger partial charge in [0.05, 0.1) is 11.0 Å². The average molecular weight is 327 g/mol. The molecule has 0 saturated carbocycles. The van der Waals surface area contributed by atoms with Crippen molar-refractivity contribution in [3.63, 3.8) is 0 Å². The molecular weight excluding hydrogens is 310 g/mol. The molecule has 0 aliphatic carbocycles. The van der Waals surface area contributed by atoms with E-state index in [1.807, 2.05) is 24.3 Å². The van der Waals surface area contributed by atoms with Gasteiger partial charge in [-0.25, -0.2) is 9.78 Å². The van der Waals surface area contributed by atoms with Gasteiger partial charge in [0.2, 0.25) is 5.91 Å². The Morgan fingerprint density at radius 1 is 1.17 bits per heavy atom. The Hall–Kier alpha value is -3.16. The average Bonchev–Trinajstić information content (AvgIpc) is 2.96. The molecule has 2 heterocycles. The molecule has 0 unspecified atom stereocenters. The lowest BCUT2D eigenvalue weighted by atomic mass is 10.3. The van der Waals surface area contributed by atoms with Gasteiger partial charge in [-0.15, -0.1) is 0 Å². The number of aromatic amines is 2. The summed E-state index contributed by atoms with van der Waals surface area (Å²) in [6.07, 6.45) is 2.13. The number of hydrogen-bond donors (Lipinski definition) is 3. The van der Waals surface area contributed by atoms with Crippen LogP contribution in [0.25, 0.3) is 11.0 Å². The second-order valence-electron chi connectivity index (χ2n) is 5.35. The lowest BCUT2D eigenvalue weighted by molar-refractivity contribution is -0.121. The van der Waals surface area contributed by atoms with Crippen LogP contribution in [0, 0.1) is 0 Å². The Bertz CT molecular complexity index is 936. The number of carbonyl (C=O) groups is 1. The quantitative estimate of drug-likeness (QED) is 0.598. The highest BCUT2D eigenvalue weighted by Gasteiger charge is 2.05. The first-order valence-electron chi connectivity index (χ1n) is 7.62. The predicted octanol–water partition coefficient (Wildman–Crippen LogP) is 0.162. The van der Waals surface area contributed by atoms with Crippen molar-refractivity contribution in [1.29, 1.82) is 0 Å². The van der Waals surface area contributed by atoms with Crippen molar-refractivity contribution in [3.05, 3.63) is 63.2 Å². The topological polar surface area (TPSA) is 113 Å². The molecule has 24 heavy (non-hydrogen) atoms. The van der Waals surface area contributed by atoms with Crippen molar-refractivity contribution in [2.24, 2.45) is 0 Å². The second-order valence-corrected chi connectivity index (χ2v) is 5.35. The minimum Gasteiger partial charge on any atom is -0.356 e. The number of H-pyrrole nitrogens is 2. The van der Waals surface area contributed by atoms with Crippen molar-refractivity contribution in [3.8, 4) is 0 Å². The monoisotopic (exact) mass is 327 g/mol. The van der Waals surface area contributed by atoms with Crippen LogP contribution in [0.15, 0.2) is 46.1 Å². The van der Waals surface area contributed by atoms with E-state index in [9.17, 15) is 14.4 Å². The van der Waals surface area contributed by atoms with E-state index in [0.717, 1.165) is 16.9 Å². The van der Waals surface area contributed by atoms with E-state index < -0.39 is 11.2 Å². The molecule has 0 atom stereocenters. The van der Waals surface area contributed by atoms with Gasteiger partial charge in [-0.1, -0.05) is 12.1 Å². The normalized spacial score (nSPS) is 10.8.